The van der Waals surface area contributed by atoms with Gasteiger partial charge in [-0.15, -0.1) is 0 Å². The lowest BCUT2D eigenvalue weighted by Crippen LogP contribution is -2.91. The second-order valence-electron chi connectivity index (χ2n) is 10.6. The van der Waals surface area contributed by atoms with Crippen molar-refractivity contribution in [1.82, 2.24) is 15.0 Å². The van der Waals surface area contributed by atoms with E-state index in [4.69, 9.17) is 14.2 Å². The molecule has 2 aliphatic heterocycles. The number of nitro benzene ring substituents is 2. The zero-order valence-corrected chi connectivity index (χ0v) is 24.2. The topological polar surface area (TPSA) is 192 Å². The van der Waals surface area contributed by atoms with Crippen molar-refractivity contribution < 1.29 is 43.9 Å². The van der Waals surface area contributed by atoms with Crippen molar-refractivity contribution in [3.63, 3.8) is 0 Å². The molecule has 0 unspecified atom stereocenters. The van der Waals surface area contributed by atoms with Crippen molar-refractivity contribution in [3.8, 4) is 0 Å². The molecule has 3 amide bonds. The minimum atomic E-state index is -0.665. The first-order valence-corrected chi connectivity index (χ1v) is 13.5. The maximum Gasteiger partial charge on any atom is 0.454 e. The summed E-state index contributed by atoms with van der Waals surface area (Å²) >= 11 is 0. The van der Waals surface area contributed by atoms with Gasteiger partial charge in [-0.2, -0.15) is 5.01 Å². The molecule has 0 spiro atoms. The van der Waals surface area contributed by atoms with E-state index in [2.05, 4.69) is 0 Å². The smallest absolute Gasteiger partial charge is 0.443 e. The highest BCUT2D eigenvalue weighted by Gasteiger charge is 2.34. The Morgan fingerprint density at radius 1 is 0.750 bits per heavy atom. The van der Waals surface area contributed by atoms with Crippen LogP contribution in [0.5, 0.6) is 0 Å². The third-order valence-corrected chi connectivity index (χ3v) is 6.05. The van der Waals surface area contributed by atoms with Crippen LogP contribution in [0.15, 0.2) is 48.5 Å². The van der Waals surface area contributed by atoms with E-state index in [1.165, 1.54) is 46.4 Å². The molecule has 2 fully saturated rings. The zero-order chi connectivity index (χ0) is 31.6. The van der Waals surface area contributed by atoms with Gasteiger partial charge in [-0.05, 0) is 62.6 Å². The number of quaternary nitrogens is 1. The van der Waals surface area contributed by atoms with Gasteiger partial charge in [-0.3, -0.25) is 20.2 Å². The van der Waals surface area contributed by atoms with Gasteiger partial charge in [0.2, 0.25) is 0 Å². The van der Waals surface area contributed by atoms with Crippen molar-refractivity contribution in [3.05, 3.63) is 79.9 Å². The first-order chi connectivity index (χ1) is 20.3. The average Bonchev–Trinajstić information content (AvgIpc) is 3.68. The van der Waals surface area contributed by atoms with Crippen LogP contribution in [0.3, 0.4) is 0 Å². The Labute approximate surface area is 254 Å². The third kappa shape index (κ3) is 10.7. The molecule has 0 radical (unpaired) electrons. The van der Waals surface area contributed by atoms with Crippen LogP contribution in [-0.4, -0.2) is 74.9 Å². The van der Waals surface area contributed by atoms with Crippen LogP contribution in [0, 0.1) is 20.2 Å². The maximum atomic E-state index is 12.2. The molecule has 0 aromatic heterocycles. The van der Waals surface area contributed by atoms with Crippen molar-refractivity contribution in [1.29, 1.82) is 0 Å². The highest BCUT2D eigenvalue weighted by atomic mass is 16.6. The number of ether oxygens (including phenoxy) is 3. The predicted octanol–water partition coefficient (Wildman–Crippen LogP) is 4.14. The number of non-ortho nitro benzene ring substituents is 2. The number of nitrogens with zero attached hydrogens (tertiary/aromatic N) is 5. The second kappa shape index (κ2) is 16.0. The van der Waals surface area contributed by atoms with E-state index in [9.17, 15) is 34.6 Å². The number of rotatable bonds is 6. The van der Waals surface area contributed by atoms with Gasteiger partial charge in [0.05, 0.1) is 22.9 Å². The Morgan fingerprint density at radius 2 is 1.20 bits per heavy atom. The minimum Gasteiger partial charge on any atom is -0.443 e. The molecular weight excluding hydrogens is 580 g/mol. The lowest BCUT2D eigenvalue weighted by molar-refractivity contribution is -0.766. The highest BCUT2D eigenvalue weighted by Crippen LogP contribution is 2.19. The number of nitro groups is 2. The van der Waals surface area contributed by atoms with Gasteiger partial charge in [0.15, 0.2) is 0 Å². The van der Waals surface area contributed by atoms with E-state index < -0.39 is 27.6 Å². The summed E-state index contributed by atoms with van der Waals surface area (Å²) in [6, 6.07) is 11.7. The van der Waals surface area contributed by atoms with Crippen molar-refractivity contribution in [2.45, 2.75) is 59.9 Å². The molecule has 44 heavy (non-hydrogen) atoms. The Bertz CT molecular complexity index is 1290. The summed E-state index contributed by atoms with van der Waals surface area (Å²) in [5, 5.41) is 25.1. The molecule has 2 heterocycles. The first-order valence-electron chi connectivity index (χ1n) is 13.5. The van der Waals surface area contributed by atoms with Crippen molar-refractivity contribution in [2.75, 3.05) is 26.2 Å². The molecular formula is C28H39N6O10+. The number of carbonyl (C=O) groups is 3. The fourth-order valence-electron chi connectivity index (χ4n) is 3.95. The molecule has 0 bridgehead atoms. The number of amides is 3. The Kier molecular flexibility index (Phi) is 12.8. The number of hydrogen-bond acceptors (Lipinski definition) is 10. The Balaban J connectivity index is 0.000000315. The number of nitrogens with two attached hydrogens (primary N) is 1. The van der Waals surface area contributed by atoms with E-state index in [0.29, 0.717) is 31.6 Å². The van der Waals surface area contributed by atoms with E-state index in [0.717, 1.165) is 18.5 Å². The SMILES string of the molecule is C.CC(C)(C)OC(=O)N1CCCN1C(=O)OCc1ccc([N+](=O)[O-])cc1.O=C(OCc1ccc([N+](=O)[O-])cc1)N1CCC[NH2+]1. The standard InChI is InChI=1S/C16H21N3O6.C11H13N3O4.CH4/c1-16(2,3)25-15(21)18-10-4-9-17(18)14(20)24-11-12-5-7-13(8-6-12)19(22)23;15-11(13-7-1-6-12-13)18-8-9-2-4-10(5-3-9)14(16)17;/h5-8H,4,9-11H2,1-3H3;2-5,12H,1,6-8H2;1H4/p+1. The van der Waals surface area contributed by atoms with Gasteiger partial charge >= 0.3 is 18.3 Å². The van der Waals surface area contributed by atoms with Gasteiger partial charge < -0.3 is 14.2 Å². The molecule has 0 atom stereocenters. The molecule has 2 aliphatic rings. The van der Waals surface area contributed by atoms with Crippen LogP contribution in [-0.2, 0) is 27.4 Å². The summed E-state index contributed by atoms with van der Waals surface area (Å²) in [7, 11) is 0. The normalized spacial score (nSPS) is 14.1. The fourth-order valence-corrected chi connectivity index (χ4v) is 3.95. The molecule has 0 aliphatic carbocycles. The monoisotopic (exact) mass is 619 g/mol. The van der Waals surface area contributed by atoms with E-state index in [1.807, 2.05) is 5.43 Å². The van der Waals surface area contributed by atoms with Gasteiger partial charge in [0, 0.05) is 43.8 Å². The second-order valence-corrected chi connectivity index (χ2v) is 10.6. The highest BCUT2D eigenvalue weighted by molar-refractivity contribution is 5.75. The molecule has 2 aromatic carbocycles. The van der Waals surface area contributed by atoms with Gasteiger partial charge in [0.1, 0.15) is 18.8 Å². The fraction of sp³-hybridized carbons (Fsp3) is 0.464. The molecule has 0 saturated carbocycles. The Morgan fingerprint density at radius 3 is 1.61 bits per heavy atom. The summed E-state index contributed by atoms with van der Waals surface area (Å²) in [4.78, 5) is 56.0. The summed E-state index contributed by atoms with van der Waals surface area (Å²) < 4.78 is 15.6. The number of carbonyl (C=O) groups excluding carboxylic acids is 3. The lowest BCUT2D eigenvalue weighted by Gasteiger charge is -2.29. The van der Waals surface area contributed by atoms with Gasteiger partial charge in [0.25, 0.3) is 11.4 Å². The average molecular weight is 620 g/mol. The minimum absolute atomic E-state index is 0. The molecule has 2 aromatic rings. The van der Waals surface area contributed by atoms with Gasteiger partial charge in [-0.25, -0.2) is 29.8 Å². The molecule has 16 heteroatoms. The summed E-state index contributed by atoms with van der Waals surface area (Å²) in [5.41, 5.74) is 2.49. The largest absolute Gasteiger partial charge is 0.454 e. The van der Waals surface area contributed by atoms with E-state index in [1.54, 1.807) is 37.9 Å². The van der Waals surface area contributed by atoms with Crippen LogP contribution >= 0.6 is 0 Å². The van der Waals surface area contributed by atoms with Crippen LogP contribution in [0.1, 0.15) is 52.2 Å². The maximum absolute atomic E-state index is 12.2. The third-order valence-electron chi connectivity index (χ3n) is 6.05. The summed E-state index contributed by atoms with van der Waals surface area (Å²) in [6.45, 7) is 7.65. The van der Waals surface area contributed by atoms with Crippen LogP contribution in [0.25, 0.3) is 0 Å². The summed E-state index contributed by atoms with van der Waals surface area (Å²) in [6.07, 6.45) is -0.0387. The molecule has 2 N–H and O–H groups in total. The van der Waals surface area contributed by atoms with Crippen LogP contribution in [0.2, 0.25) is 0 Å². The van der Waals surface area contributed by atoms with Crippen molar-refractivity contribution >= 4 is 29.7 Å². The molecule has 16 nitrogen and oxygen atoms in total. The zero-order valence-electron chi connectivity index (χ0n) is 24.2. The van der Waals surface area contributed by atoms with E-state index >= 15 is 0 Å². The van der Waals surface area contributed by atoms with Gasteiger partial charge in [-0.1, -0.05) is 7.43 Å². The quantitative estimate of drug-likeness (QED) is 0.162. The number of hydrazine groups is 1. The molecule has 4 rings (SSSR count). The number of hydrogen-bond donors (Lipinski definition) is 1. The molecule has 2 saturated heterocycles. The predicted molar refractivity (Wildman–Crippen MR) is 156 cm³/mol. The number of benzene rings is 2. The van der Waals surface area contributed by atoms with Crippen LogP contribution < -0.4 is 5.43 Å². The van der Waals surface area contributed by atoms with Crippen molar-refractivity contribution in [2.24, 2.45) is 0 Å². The molecule has 240 valence electrons. The first kappa shape index (κ1) is 35.2. The van der Waals surface area contributed by atoms with Crippen LogP contribution in [0.4, 0.5) is 25.8 Å². The van der Waals surface area contributed by atoms with E-state index in [-0.39, 0.29) is 38.1 Å². The summed E-state index contributed by atoms with van der Waals surface area (Å²) in [5.74, 6) is 0. The lowest BCUT2D eigenvalue weighted by atomic mass is 10.2. The Hall–Kier alpha value is -4.99.